The lowest BCUT2D eigenvalue weighted by molar-refractivity contribution is -0.129. The molecule has 1 saturated heterocycles. The molecule has 3 rings (SSSR count). The summed E-state index contributed by atoms with van der Waals surface area (Å²) in [6.45, 7) is 3.61. The molecule has 0 unspecified atom stereocenters. The number of thioether (sulfide) groups is 1. The monoisotopic (exact) mass is 282 g/mol. The minimum absolute atomic E-state index is 0.151. The molecule has 1 N–H and O–H groups in total. The molecule has 2 heterocycles. The van der Waals surface area contributed by atoms with Gasteiger partial charge in [-0.15, -0.1) is 11.8 Å². The quantitative estimate of drug-likeness (QED) is 0.856. The molecule has 3 aliphatic rings. The summed E-state index contributed by atoms with van der Waals surface area (Å²) in [5.74, 6) is 0.948. The van der Waals surface area contributed by atoms with Crippen molar-refractivity contribution in [1.29, 1.82) is 0 Å². The van der Waals surface area contributed by atoms with Crippen molar-refractivity contribution in [2.45, 2.75) is 50.7 Å². The molecule has 0 spiro atoms. The molecule has 0 bridgehead atoms. The van der Waals surface area contributed by atoms with Gasteiger partial charge in [-0.2, -0.15) is 0 Å². The molecule has 1 aliphatic carbocycles. The van der Waals surface area contributed by atoms with E-state index in [0.29, 0.717) is 12.6 Å². The highest BCUT2D eigenvalue weighted by atomic mass is 32.2. The predicted octanol–water partition coefficient (Wildman–Crippen LogP) is 1.76. The summed E-state index contributed by atoms with van der Waals surface area (Å²) < 4.78 is 0. The van der Waals surface area contributed by atoms with Crippen LogP contribution < -0.4 is 0 Å². The van der Waals surface area contributed by atoms with Crippen molar-refractivity contribution in [3.05, 3.63) is 11.1 Å². The second-order valence-corrected chi connectivity index (χ2v) is 6.89. The Bertz CT molecular complexity index is 406. The third-order valence-corrected chi connectivity index (χ3v) is 5.42. The van der Waals surface area contributed by atoms with E-state index in [1.807, 2.05) is 10.3 Å². The number of rotatable bonds is 3. The number of likely N-dealkylation sites (tertiary alicyclic amines) is 1. The predicted molar refractivity (Wildman–Crippen MR) is 76.5 cm³/mol. The van der Waals surface area contributed by atoms with E-state index < -0.39 is 5.60 Å². The normalized spacial score (nSPS) is 29.4. The van der Waals surface area contributed by atoms with Crippen LogP contribution in [0, 0.1) is 0 Å². The van der Waals surface area contributed by atoms with Crippen LogP contribution in [0.25, 0.3) is 0 Å². The van der Waals surface area contributed by atoms with Crippen LogP contribution in [0.2, 0.25) is 0 Å². The smallest absolute Gasteiger partial charge is 0.270 e. The highest BCUT2D eigenvalue weighted by molar-refractivity contribution is 8.02. The summed E-state index contributed by atoms with van der Waals surface area (Å²) in [5.41, 5.74) is 0.236. The van der Waals surface area contributed by atoms with Gasteiger partial charge in [-0.05, 0) is 39.0 Å². The van der Waals surface area contributed by atoms with Crippen molar-refractivity contribution in [2.24, 2.45) is 0 Å². The van der Waals surface area contributed by atoms with Gasteiger partial charge in [-0.3, -0.25) is 4.79 Å². The Hall–Kier alpha value is -0.680. The first-order chi connectivity index (χ1) is 9.09. The average Bonchev–Trinajstić information content (AvgIpc) is 2.95. The molecule has 0 aromatic heterocycles. The van der Waals surface area contributed by atoms with Crippen molar-refractivity contribution >= 4 is 17.7 Å². The van der Waals surface area contributed by atoms with Crippen molar-refractivity contribution < 1.29 is 9.90 Å². The molecule has 1 atom stereocenters. The van der Waals surface area contributed by atoms with Crippen molar-refractivity contribution in [3.63, 3.8) is 0 Å². The molecule has 106 valence electrons. The van der Waals surface area contributed by atoms with Gasteiger partial charge in [0.05, 0.1) is 11.5 Å². The number of aliphatic hydroxyl groups is 1. The Kier molecular flexibility index (Phi) is 3.52. The number of β-amino-alcohol motifs (C(OH)–C–C–N with tert-alkyl or cyclic N) is 1. The first-order valence-corrected chi connectivity index (χ1v) is 8.24. The molecule has 0 radical (unpaired) electrons. The van der Waals surface area contributed by atoms with Crippen molar-refractivity contribution in [3.8, 4) is 0 Å². The van der Waals surface area contributed by atoms with Crippen LogP contribution in [0.5, 0.6) is 0 Å². The largest absolute Gasteiger partial charge is 0.388 e. The molecule has 2 fully saturated rings. The van der Waals surface area contributed by atoms with Crippen molar-refractivity contribution in [1.82, 2.24) is 9.80 Å². The summed E-state index contributed by atoms with van der Waals surface area (Å²) in [4.78, 5) is 16.6. The zero-order valence-corrected chi connectivity index (χ0v) is 12.3. The Balaban J connectivity index is 1.67. The summed E-state index contributed by atoms with van der Waals surface area (Å²) in [6.07, 6.45) is 5.06. The number of carbonyl (C=O) groups is 1. The van der Waals surface area contributed by atoms with Gasteiger partial charge in [-0.25, -0.2) is 0 Å². The molecule has 4 nitrogen and oxygen atoms in total. The molecule has 1 amide bonds. The lowest BCUT2D eigenvalue weighted by atomic mass is 9.80. The zero-order valence-electron chi connectivity index (χ0n) is 11.5. The van der Waals surface area contributed by atoms with Crippen LogP contribution in [0.15, 0.2) is 11.1 Å². The maximum atomic E-state index is 12.6. The topological polar surface area (TPSA) is 43.8 Å². The molecule has 0 aromatic carbocycles. The fourth-order valence-electron chi connectivity index (χ4n) is 3.15. The van der Waals surface area contributed by atoms with E-state index >= 15 is 0 Å². The summed E-state index contributed by atoms with van der Waals surface area (Å²) >= 11 is 1.66. The maximum absolute atomic E-state index is 12.6. The lowest BCUT2D eigenvalue weighted by Gasteiger charge is -2.40. The Labute approximate surface area is 118 Å². The molecule has 5 heteroatoms. The Morgan fingerprint density at radius 2 is 2.32 bits per heavy atom. The van der Waals surface area contributed by atoms with E-state index in [0.717, 1.165) is 50.2 Å². The fourth-order valence-corrected chi connectivity index (χ4v) is 4.04. The van der Waals surface area contributed by atoms with Gasteiger partial charge in [0.1, 0.15) is 5.70 Å². The van der Waals surface area contributed by atoms with Gasteiger partial charge in [0.15, 0.2) is 0 Å². The number of hydrogen-bond acceptors (Lipinski definition) is 4. The highest BCUT2D eigenvalue weighted by Crippen LogP contribution is 2.36. The van der Waals surface area contributed by atoms with Gasteiger partial charge in [0.25, 0.3) is 5.91 Å². The van der Waals surface area contributed by atoms with Crippen LogP contribution in [-0.4, -0.2) is 51.4 Å². The van der Waals surface area contributed by atoms with E-state index in [-0.39, 0.29) is 5.91 Å². The highest BCUT2D eigenvalue weighted by Gasteiger charge is 2.39. The minimum atomic E-state index is -0.555. The number of amides is 1. The van der Waals surface area contributed by atoms with Crippen LogP contribution in [0.3, 0.4) is 0 Å². The van der Waals surface area contributed by atoms with Crippen molar-refractivity contribution in [2.75, 3.05) is 19.0 Å². The van der Waals surface area contributed by atoms with Crippen LogP contribution >= 0.6 is 11.8 Å². The second-order valence-electron chi connectivity index (χ2n) is 6.06. The first-order valence-electron chi connectivity index (χ1n) is 7.19. The Morgan fingerprint density at radius 3 is 2.89 bits per heavy atom. The van der Waals surface area contributed by atoms with E-state index in [4.69, 9.17) is 0 Å². The van der Waals surface area contributed by atoms with Gasteiger partial charge in [0, 0.05) is 24.5 Å². The third kappa shape index (κ3) is 2.50. The van der Waals surface area contributed by atoms with Gasteiger partial charge in [-0.1, -0.05) is 0 Å². The van der Waals surface area contributed by atoms with Gasteiger partial charge in [0.2, 0.25) is 0 Å². The summed E-state index contributed by atoms with van der Waals surface area (Å²) in [7, 11) is 0. The van der Waals surface area contributed by atoms with Gasteiger partial charge >= 0.3 is 0 Å². The number of carbonyl (C=O) groups excluding carboxylic acids is 1. The zero-order chi connectivity index (χ0) is 13.5. The molecule has 0 aromatic rings. The van der Waals surface area contributed by atoms with E-state index in [1.165, 1.54) is 0 Å². The second kappa shape index (κ2) is 5.02. The SMILES string of the molecule is C[C@H]1CCCN1C(=O)C1=CSCN1CC1(O)CCC1. The fraction of sp³-hybridized carbons (Fsp3) is 0.786. The van der Waals surface area contributed by atoms with E-state index in [9.17, 15) is 9.90 Å². The van der Waals surface area contributed by atoms with E-state index in [2.05, 4.69) is 11.8 Å². The summed E-state index contributed by atoms with van der Waals surface area (Å²) in [5, 5.41) is 12.3. The van der Waals surface area contributed by atoms with E-state index in [1.54, 1.807) is 11.8 Å². The minimum Gasteiger partial charge on any atom is -0.388 e. The molecular weight excluding hydrogens is 260 g/mol. The average molecular weight is 282 g/mol. The van der Waals surface area contributed by atoms with Crippen LogP contribution in [-0.2, 0) is 4.79 Å². The Morgan fingerprint density at radius 1 is 1.53 bits per heavy atom. The molecule has 19 heavy (non-hydrogen) atoms. The van der Waals surface area contributed by atoms with Crippen LogP contribution in [0.4, 0.5) is 0 Å². The number of hydrogen-bond donors (Lipinski definition) is 1. The van der Waals surface area contributed by atoms with Crippen LogP contribution in [0.1, 0.15) is 39.0 Å². The summed E-state index contributed by atoms with van der Waals surface area (Å²) in [6, 6.07) is 0.354. The maximum Gasteiger partial charge on any atom is 0.270 e. The third-order valence-electron chi connectivity index (χ3n) is 4.57. The molecule has 1 saturated carbocycles. The standard InChI is InChI=1S/C14H22N2O2S/c1-11-4-2-7-16(11)13(17)12-8-19-10-15(12)9-14(18)5-3-6-14/h8,11,18H,2-7,9-10H2,1H3/t11-/m0/s1. The molecule has 2 aliphatic heterocycles. The molecular formula is C14H22N2O2S. The number of nitrogens with zero attached hydrogens (tertiary/aromatic N) is 2. The lowest BCUT2D eigenvalue weighted by Crippen LogP contribution is -2.49. The van der Waals surface area contributed by atoms with Gasteiger partial charge < -0.3 is 14.9 Å². The first kappa shape index (κ1) is 13.3.